The largest absolute Gasteiger partial charge is 0.240 e. The van der Waals surface area contributed by atoms with Gasteiger partial charge in [0.1, 0.15) is 0 Å². The van der Waals surface area contributed by atoms with E-state index in [0.29, 0.717) is 62.6 Å². The van der Waals surface area contributed by atoms with Crippen molar-refractivity contribution >= 4 is 70.6 Å². The summed E-state index contributed by atoms with van der Waals surface area (Å²) in [7, 11) is 0. The highest BCUT2D eigenvalue weighted by Crippen LogP contribution is 2.44. The highest BCUT2D eigenvalue weighted by Gasteiger charge is 2.20. The van der Waals surface area contributed by atoms with Gasteiger partial charge < -0.3 is 0 Å². The first-order valence-electron chi connectivity index (χ1n) is 17.1. The number of benzene rings is 6. The minimum absolute atomic E-state index is 0.108. The molecule has 0 bridgehead atoms. The lowest BCUT2D eigenvalue weighted by Gasteiger charge is -2.18. The molecule has 0 saturated heterocycles. The molecule has 0 fully saturated rings. The molecular formula is C45H26N6O6. The third-order valence-corrected chi connectivity index (χ3v) is 9.08. The van der Waals surface area contributed by atoms with E-state index in [1.807, 2.05) is 48.5 Å². The van der Waals surface area contributed by atoms with E-state index in [-0.39, 0.29) is 17.8 Å². The first-order valence-corrected chi connectivity index (χ1v) is 17.1. The molecule has 0 radical (unpaired) electrons. The minimum atomic E-state index is 0.108. The number of rotatable bonds is 13. The van der Waals surface area contributed by atoms with Crippen molar-refractivity contribution in [2.45, 2.75) is 19.8 Å². The summed E-state index contributed by atoms with van der Waals surface area (Å²) in [5, 5.41) is 0. The van der Waals surface area contributed by atoms with E-state index in [4.69, 9.17) is 0 Å². The van der Waals surface area contributed by atoms with Crippen LogP contribution in [0.4, 0.5) is 34.1 Å². The summed E-state index contributed by atoms with van der Waals surface area (Å²) in [6.07, 6.45) is 10.1. The van der Waals surface area contributed by atoms with E-state index in [0.717, 1.165) is 27.8 Å². The van der Waals surface area contributed by atoms with Crippen molar-refractivity contribution in [3.8, 4) is 33.4 Å². The van der Waals surface area contributed by atoms with Crippen molar-refractivity contribution in [2.75, 3.05) is 0 Å². The predicted molar refractivity (Wildman–Crippen MR) is 213 cm³/mol. The standard InChI is InChI=1S/C45H26N6O6/c1-29-16-33(7-14-42(29)48-25-54)35-20-37(21-36-19-34(8-15-43(36)49-26-55)32-5-11-39(12-6-32)47-24-53)45(51-28-57)41(22-35)40-18-31(4-13-44(40)50-27-56)17-30-2-9-38(10-3-30)46-23-52/h2-16,18-20,22H,17,21H2,1H3. The predicted octanol–water partition coefficient (Wildman–Crippen LogP) is 9.98. The molecule has 0 N–H and O–H groups in total. The van der Waals surface area contributed by atoms with E-state index < -0.39 is 0 Å². The van der Waals surface area contributed by atoms with Gasteiger partial charge in [0.2, 0.25) is 36.5 Å². The number of hydrogen-bond acceptors (Lipinski definition) is 12. The number of hydrogen-bond donors (Lipinski definition) is 0. The van der Waals surface area contributed by atoms with Crippen LogP contribution in [0.3, 0.4) is 0 Å². The van der Waals surface area contributed by atoms with E-state index in [1.54, 1.807) is 98.0 Å². The van der Waals surface area contributed by atoms with Crippen LogP contribution in [-0.4, -0.2) is 36.5 Å². The molecule has 0 aliphatic heterocycles. The summed E-state index contributed by atoms with van der Waals surface area (Å²) in [4.78, 5) is 91.3. The van der Waals surface area contributed by atoms with E-state index >= 15 is 0 Å². The lowest BCUT2D eigenvalue weighted by atomic mass is 9.88. The second-order valence-electron chi connectivity index (χ2n) is 12.5. The summed E-state index contributed by atoms with van der Waals surface area (Å²) in [5.41, 5.74) is 9.56. The summed E-state index contributed by atoms with van der Waals surface area (Å²) in [5.74, 6) is 0. The Morgan fingerprint density at radius 3 is 1.53 bits per heavy atom. The van der Waals surface area contributed by atoms with Gasteiger partial charge in [-0.1, -0.05) is 42.5 Å². The van der Waals surface area contributed by atoms with Crippen LogP contribution in [0.1, 0.15) is 27.8 Å². The molecular weight excluding hydrogens is 721 g/mol. The Morgan fingerprint density at radius 2 is 0.895 bits per heavy atom. The molecule has 6 rings (SSSR count). The molecule has 0 atom stereocenters. The topological polar surface area (TPSA) is 177 Å². The third-order valence-electron chi connectivity index (χ3n) is 9.08. The Balaban J connectivity index is 1.58. The first-order chi connectivity index (χ1) is 27.9. The van der Waals surface area contributed by atoms with Crippen LogP contribution in [0.25, 0.3) is 33.4 Å². The summed E-state index contributed by atoms with van der Waals surface area (Å²) in [6, 6.07) is 33.6. The number of aryl methyl sites for hydroxylation is 1. The summed E-state index contributed by atoms with van der Waals surface area (Å²) >= 11 is 0. The number of aliphatic imine (C=N–C) groups is 6. The molecule has 12 nitrogen and oxygen atoms in total. The molecule has 12 heteroatoms. The Kier molecular flexibility index (Phi) is 12.2. The molecule has 0 aliphatic carbocycles. The Morgan fingerprint density at radius 1 is 0.386 bits per heavy atom. The smallest absolute Gasteiger partial charge is 0.211 e. The zero-order valence-corrected chi connectivity index (χ0v) is 30.0. The van der Waals surface area contributed by atoms with Gasteiger partial charge in [-0.05, 0) is 136 Å². The van der Waals surface area contributed by atoms with Crippen molar-refractivity contribution in [3.05, 3.63) is 143 Å². The zero-order valence-electron chi connectivity index (χ0n) is 30.0. The van der Waals surface area contributed by atoms with Crippen LogP contribution in [0.2, 0.25) is 0 Å². The maximum atomic E-state index is 12.2. The molecule has 0 amide bonds. The van der Waals surface area contributed by atoms with Gasteiger partial charge in [0.25, 0.3) is 0 Å². The number of carbonyl (C=O) groups excluding carboxylic acids is 6. The molecule has 272 valence electrons. The lowest BCUT2D eigenvalue weighted by molar-refractivity contribution is 0.564. The quantitative estimate of drug-likeness (QED) is 0.0839. The monoisotopic (exact) mass is 746 g/mol. The average molecular weight is 747 g/mol. The SMILES string of the molecule is Cc1cc(-c2cc(Cc3cc(-c4ccc(N=C=O)cc4)ccc3N=C=O)c(N=C=O)c(-c3cc(Cc4ccc(N=C=O)cc4)ccc3N=C=O)c2)ccc1N=C=O. The van der Waals surface area contributed by atoms with Gasteiger partial charge in [0, 0.05) is 17.5 Å². The molecule has 0 saturated carbocycles. The number of nitrogens with zero attached hydrogens (tertiary/aromatic N) is 6. The normalized spacial score (nSPS) is 9.98. The molecule has 0 heterocycles. The van der Waals surface area contributed by atoms with Crippen LogP contribution >= 0.6 is 0 Å². The summed E-state index contributed by atoms with van der Waals surface area (Å²) in [6.45, 7) is 1.80. The molecule has 0 aliphatic rings. The molecule has 6 aromatic rings. The van der Waals surface area contributed by atoms with Crippen molar-refractivity contribution in [2.24, 2.45) is 30.0 Å². The van der Waals surface area contributed by atoms with Crippen LogP contribution in [0.5, 0.6) is 0 Å². The fraction of sp³-hybridized carbons (Fsp3) is 0.0667. The maximum absolute atomic E-state index is 12.2. The summed E-state index contributed by atoms with van der Waals surface area (Å²) < 4.78 is 0. The second-order valence-corrected chi connectivity index (χ2v) is 12.5. The second kappa shape index (κ2) is 18.1. The highest BCUT2D eigenvalue weighted by molar-refractivity contribution is 5.91. The Bertz CT molecular complexity index is 2830. The van der Waals surface area contributed by atoms with Crippen molar-refractivity contribution in [3.63, 3.8) is 0 Å². The van der Waals surface area contributed by atoms with Crippen molar-refractivity contribution in [1.29, 1.82) is 0 Å². The third kappa shape index (κ3) is 9.05. The van der Waals surface area contributed by atoms with Crippen molar-refractivity contribution < 1.29 is 28.8 Å². The van der Waals surface area contributed by atoms with E-state index in [2.05, 4.69) is 30.0 Å². The highest BCUT2D eigenvalue weighted by atomic mass is 16.1. The minimum Gasteiger partial charge on any atom is -0.211 e. The Hall–Kier alpha value is -8.40. The van der Waals surface area contributed by atoms with Gasteiger partial charge in [-0.3, -0.25) is 0 Å². The van der Waals surface area contributed by atoms with E-state index in [1.165, 1.54) is 12.2 Å². The fourth-order valence-corrected chi connectivity index (χ4v) is 6.47. The van der Waals surface area contributed by atoms with Gasteiger partial charge in [-0.25, -0.2) is 28.8 Å². The molecule has 57 heavy (non-hydrogen) atoms. The van der Waals surface area contributed by atoms with Crippen LogP contribution in [-0.2, 0) is 41.6 Å². The van der Waals surface area contributed by atoms with Gasteiger partial charge in [0.15, 0.2) is 0 Å². The molecule has 0 aromatic heterocycles. The van der Waals surface area contributed by atoms with E-state index in [9.17, 15) is 28.8 Å². The van der Waals surface area contributed by atoms with Gasteiger partial charge >= 0.3 is 0 Å². The maximum Gasteiger partial charge on any atom is 0.240 e. The Labute approximate surface area is 324 Å². The van der Waals surface area contributed by atoms with Gasteiger partial charge in [-0.2, -0.15) is 30.0 Å². The molecule has 0 unspecified atom stereocenters. The average Bonchev–Trinajstić information content (AvgIpc) is 3.22. The zero-order chi connectivity index (χ0) is 40.1. The van der Waals surface area contributed by atoms with Crippen molar-refractivity contribution in [1.82, 2.24) is 0 Å². The lowest BCUT2D eigenvalue weighted by Crippen LogP contribution is -1.96. The van der Waals surface area contributed by atoms with Gasteiger partial charge in [0.05, 0.1) is 34.1 Å². The van der Waals surface area contributed by atoms with Crippen LogP contribution < -0.4 is 0 Å². The molecule has 6 aromatic carbocycles. The molecule has 0 spiro atoms. The number of isocyanates is 6. The van der Waals surface area contributed by atoms with Crippen LogP contribution in [0.15, 0.2) is 145 Å². The van der Waals surface area contributed by atoms with Gasteiger partial charge in [-0.15, -0.1) is 0 Å². The van der Waals surface area contributed by atoms with Crippen LogP contribution in [0, 0.1) is 6.92 Å². The first kappa shape index (κ1) is 38.3. The fourth-order valence-electron chi connectivity index (χ4n) is 6.47.